The zero-order chi connectivity index (χ0) is 26.4. The molecule has 1 unspecified atom stereocenters. The maximum Gasteiger partial charge on any atom is 0.253 e. The SMILES string of the molecule is NC(=O)[C@@H]1C[C@@H](N)CN1C(CCC[C@H]1CCCN(C(=O)c2ccc(Cl)c(Cl)c2)C1)CCc1ccccc1. The van der Waals surface area contributed by atoms with Gasteiger partial charge in [-0.1, -0.05) is 60.0 Å². The van der Waals surface area contributed by atoms with Crippen LogP contribution < -0.4 is 11.5 Å². The molecule has 2 fully saturated rings. The Morgan fingerprint density at radius 2 is 1.81 bits per heavy atom. The fraction of sp³-hybridized carbons (Fsp3) is 0.517. The lowest BCUT2D eigenvalue weighted by molar-refractivity contribution is -0.123. The largest absolute Gasteiger partial charge is 0.368 e. The van der Waals surface area contributed by atoms with Crippen LogP contribution in [-0.4, -0.2) is 59.4 Å². The van der Waals surface area contributed by atoms with Crippen LogP contribution in [0.3, 0.4) is 0 Å². The Morgan fingerprint density at radius 3 is 2.54 bits per heavy atom. The number of amides is 2. The van der Waals surface area contributed by atoms with Gasteiger partial charge in [0.05, 0.1) is 16.1 Å². The molecule has 0 bridgehead atoms. The van der Waals surface area contributed by atoms with Crippen LogP contribution in [0, 0.1) is 5.92 Å². The normalized spacial score (nSPS) is 23.2. The Morgan fingerprint density at radius 1 is 1.03 bits per heavy atom. The quantitative estimate of drug-likeness (QED) is 0.444. The summed E-state index contributed by atoms with van der Waals surface area (Å²) in [6, 6.07) is 15.5. The van der Waals surface area contributed by atoms with Crippen molar-refractivity contribution in [3.05, 3.63) is 69.7 Å². The third-order valence-electron chi connectivity index (χ3n) is 7.90. The molecule has 200 valence electrons. The van der Waals surface area contributed by atoms with E-state index in [0.29, 0.717) is 34.5 Å². The average Bonchev–Trinajstić information content (AvgIpc) is 3.30. The number of benzene rings is 2. The van der Waals surface area contributed by atoms with Crippen LogP contribution in [0.4, 0.5) is 0 Å². The first-order chi connectivity index (χ1) is 17.8. The van der Waals surface area contributed by atoms with Gasteiger partial charge in [0.1, 0.15) is 0 Å². The average molecular weight is 546 g/mol. The number of hydrogen-bond donors (Lipinski definition) is 2. The van der Waals surface area contributed by atoms with Crippen LogP contribution in [0.1, 0.15) is 60.9 Å². The van der Waals surface area contributed by atoms with Gasteiger partial charge in [0.25, 0.3) is 5.91 Å². The lowest BCUT2D eigenvalue weighted by atomic mass is 9.90. The van der Waals surface area contributed by atoms with Crippen LogP contribution in [0.25, 0.3) is 0 Å². The third-order valence-corrected chi connectivity index (χ3v) is 8.64. The highest BCUT2D eigenvalue weighted by Gasteiger charge is 2.37. The molecule has 8 heteroatoms. The summed E-state index contributed by atoms with van der Waals surface area (Å²) in [4.78, 5) is 29.5. The van der Waals surface area contributed by atoms with Crippen molar-refractivity contribution in [1.82, 2.24) is 9.80 Å². The Kier molecular flexibility index (Phi) is 9.88. The molecule has 6 nitrogen and oxygen atoms in total. The number of carbonyl (C=O) groups excluding carboxylic acids is 2. The number of carbonyl (C=O) groups is 2. The summed E-state index contributed by atoms with van der Waals surface area (Å²) in [6.45, 7) is 2.23. The molecule has 2 amide bonds. The number of primary amides is 1. The van der Waals surface area contributed by atoms with Gasteiger partial charge in [-0.05, 0) is 74.6 Å². The number of hydrogen-bond acceptors (Lipinski definition) is 4. The molecule has 0 saturated carbocycles. The summed E-state index contributed by atoms with van der Waals surface area (Å²) in [7, 11) is 0. The molecular formula is C29H38Cl2N4O2. The minimum absolute atomic E-state index is 0.0133. The molecule has 2 saturated heterocycles. The first-order valence-electron chi connectivity index (χ1n) is 13.4. The van der Waals surface area contributed by atoms with Crippen molar-refractivity contribution >= 4 is 35.0 Å². The van der Waals surface area contributed by atoms with Crippen molar-refractivity contribution in [2.45, 2.75) is 69.5 Å². The van der Waals surface area contributed by atoms with E-state index in [1.807, 2.05) is 11.0 Å². The molecule has 4 atom stereocenters. The highest BCUT2D eigenvalue weighted by molar-refractivity contribution is 6.42. The number of nitrogens with zero attached hydrogens (tertiary/aromatic N) is 2. The number of aryl methyl sites for hydroxylation is 1. The zero-order valence-electron chi connectivity index (χ0n) is 21.3. The summed E-state index contributed by atoms with van der Waals surface area (Å²) in [6.07, 6.45) is 7.75. The third kappa shape index (κ3) is 7.47. The fourth-order valence-corrected chi connectivity index (χ4v) is 6.27. The van der Waals surface area contributed by atoms with Gasteiger partial charge in [-0.2, -0.15) is 0 Å². The summed E-state index contributed by atoms with van der Waals surface area (Å²) in [5, 5.41) is 0.854. The van der Waals surface area contributed by atoms with Gasteiger partial charge in [-0.25, -0.2) is 0 Å². The molecular weight excluding hydrogens is 507 g/mol. The summed E-state index contributed by atoms with van der Waals surface area (Å²) in [5.41, 5.74) is 13.9. The van der Waals surface area contributed by atoms with Crippen LogP contribution in [0.2, 0.25) is 10.0 Å². The molecule has 0 radical (unpaired) electrons. The zero-order valence-corrected chi connectivity index (χ0v) is 22.8. The second-order valence-corrected chi connectivity index (χ2v) is 11.4. The molecule has 2 aliphatic heterocycles. The van der Waals surface area contributed by atoms with Crippen LogP contribution in [-0.2, 0) is 11.2 Å². The molecule has 2 aliphatic rings. The molecule has 0 aromatic heterocycles. The van der Waals surface area contributed by atoms with Gasteiger partial charge in [-0.3, -0.25) is 14.5 Å². The number of rotatable bonds is 10. The van der Waals surface area contributed by atoms with E-state index in [1.54, 1.807) is 18.2 Å². The van der Waals surface area contributed by atoms with Gasteiger partial charge in [0.2, 0.25) is 5.91 Å². The molecule has 0 spiro atoms. The molecule has 4 N–H and O–H groups in total. The van der Waals surface area contributed by atoms with Crippen LogP contribution in [0.5, 0.6) is 0 Å². The van der Waals surface area contributed by atoms with Crippen LogP contribution in [0.15, 0.2) is 48.5 Å². The van der Waals surface area contributed by atoms with Crippen molar-refractivity contribution in [1.29, 1.82) is 0 Å². The Bertz CT molecular complexity index is 1070. The van der Waals surface area contributed by atoms with Gasteiger partial charge in [0.15, 0.2) is 0 Å². The Labute approximate surface area is 230 Å². The monoisotopic (exact) mass is 544 g/mol. The Balaban J connectivity index is 1.35. The highest BCUT2D eigenvalue weighted by Crippen LogP contribution is 2.29. The lowest BCUT2D eigenvalue weighted by Crippen LogP contribution is -2.46. The predicted octanol–water partition coefficient (Wildman–Crippen LogP) is 4.90. The van der Waals surface area contributed by atoms with Gasteiger partial charge in [0, 0.05) is 37.3 Å². The van der Waals surface area contributed by atoms with Crippen molar-refractivity contribution in [3.63, 3.8) is 0 Å². The second kappa shape index (κ2) is 13.1. The van der Waals surface area contributed by atoms with Crippen molar-refractivity contribution in [2.24, 2.45) is 17.4 Å². The summed E-state index contributed by atoms with van der Waals surface area (Å²) < 4.78 is 0. The smallest absolute Gasteiger partial charge is 0.253 e. The second-order valence-electron chi connectivity index (χ2n) is 10.6. The first-order valence-corrected chi connectivity index (χ1v) is 14.2. The number of halogens is 2. The van der Waals surface area contributed by atoms with Gasteiger partial charge < -0.3 is 16.4 Å². The maximum atomic E-state index is 13.1. The fourth-order valence-electron chi connectivity index (χ4n) is 5.97. The first kappa shape index (κ1) is 27.9. The molecule has 4 rings (SSSR count). The minimum Gasteiger partial charge on any atom is -0.368 e. The van der Waals surface area contributed by atoms with E-state index in [0.717, 1.165) is 58.0 Å². The molecule has 2 heterocycles. The predicted molar refractivity (Wildman–Crippen MR) is 150 cm³/mol. The van der Waals surface area contributed by atoms with Gasteiger partial charge >= 0.3 is 0 Å². The van der Waals surface area contributed by atoms with Crippen molar-refractivity contribution in [2.75, 3.05) is 19.6 Å². The van der Waals surface area contributed by atoms with E-state index in [4.69, 9.17) is 34.7 Å². The lowest BCUT2D eigenvalue weighted by Gasteiger charge is -2.34. The maximum absolute atomic E-state index is 13.1. The number of likely N-dealkylation sites (tertiary alicyclic amines) is 2. The molecule has 2 aromatic carbocycles. The minimum atomic E-state index is -0.287. The Hall–Kier alpha value is -2.12. The van der Waals surface area contributed by atoms with E-state index in [2.05, 4.69) is 29.2 Å². The summed E-state index contributed by atoms with van der Waals surface area (Å²) >= 11 is 12.2. The molecule has 37 heavy (non-hydrogen) atoms. The van der Waals surface area contributed by atoms with Crippen LogP contribution >= 0.6 is 23.2 Å². The highest BCUT2D eigenvalue weighted by atomic mass is 35.5. The topological polar surface area (TPSA) is 92.7 Å². The number of piperidine rings is 1. The van der Waals surface area contributed by atoms with Crippen molar-refractivity contribution in [3.8, 4) is 0 Å². The van der Waals surface area contributed by atoms with E-state index in [1.165, 1.54) is 5.56 Å². The van der Waals surface area contributed by atoms with Gasteiger partial charge in [-0.15, -0.1) is 0 Å². The summed E-state index contributed by atoms with van der Waals surface area (Å²) in [5.74, 6) is 0.198. The van der Waals surface area contributed by atoms with E-state index in [-0.39, 0.29) is 29.9 Å². The standard InChI is InChI=1S/C29H38Cl2N4O2/c30-25-14-12-22(16-26(25)31)29(37)34-15-5-9-21(18-34)8-4-10-24(13-11-20-6-2-1-3-7-20)35-19-23(32)17-27(35)28(33)36/h1-3,6-7,12,14,16,21,23-24,27H,4-5,8-11,13,15,17-19,32H2,(H2,33,36)/t21-,23+,24?,27-/m0/s1. The van der Waals surface area contributed by atoms with E-state index < -0.39 is 0 Å². The van der Waals surface area contributed by atoms with E-state index in [9.17, 15) is 9.59 Å². The number of nitrogens with two attached hydrogens (primary N) is 2. The van der Waals surface area contributed by atoms with E-state index >= 15 is 0 Å². The molecule has 2 aromatic rings. The van der Waals surface area contributed by atoms with Crippen molar-refractivity contribution < 1.29 is 9.59 Å². The molecule has 0 aliphatic carbocycles.